The SMILES string of the molecule is COC(=O)c1ccc(-n2nc3c4ccccc4[nH]c(-c4ccc([N+](=O)[O-])cc4)c-3c2=O)cc1. The molecule has 2 aliphatic rings. The first-order valence-corrected chi connectivity index (χ1v) is 9.95. The molecule has 0 aromatic heterocycles. The number of nitrogens with one attached hydrogen (secondary N) is 1. The summed E-state index contributed by atoms with van der Waals surface area (Å²) in [6.07, 6.45) is 0. The molecule has 0 saturated heterocycles. The predicted octanol–water partition coefficient (Wildman–Crippen LogP) is 4.18. The molecule has 0 unspecified atom stereocenters. The van der Waals surface area contributed by atoms with Gasteiger partial charge in [-0.3, -0.25) is 14.9 Å². The third-order valence-corrected chi connectivity index (χ3v) is 5.43. The van der Waals surface area contributed by atoms with Gasteiger partial charge < -0.3 is 9.72 Å². The lowest BCUT2D eigenvalue weighted by atomic mass is 10.00. The van der Waals surface area contributed by atoms with Gasteiger partial charge in [0, 0.05) is 23.0 Å². The number of benzene rings is 3. The number of carbonyl (C=O) groups excluding carboxylic acids is 1. The summed E-state index contributed by atoms with van der Waals surface area (Å²) in [5, 5.41) is 16.4. The molecule has 0 spiro atoms. The second-order valence-corrected chi connectivity index (χ2v) is 7.33. The van der Waals surface area contributed by atoms with Gasteiger partial charge in [0.25, 0.3) is 11.2 Å². The first kappa shape index (κ1) is 20.1. The summed E-state index contributed by atoms with van der Waals surface area (Å²) < 4.78 is 6.00. The van der Waals surface area contributed by atoms with Gasteiger partial charge in [-0.25, -0.2) is 4.79 Å². The third-order valence-electron chi connectivity index (χ3n) is 5.43. The molecule has 0 saturated carbocycles. The number of aromatic amines is 1. The van der Waals surface area contributed by atoms with Crippen LogP contribution in [0.1, 0.15) is 10.4 Å². The number of hydrogen-bond acceptors (Lipinski definition) is 6. The molecule has 3 aromatic carbocycles. The third kappa shape index (κ3) is 3.32. The number of hydrogen-bond donors (Lipinski definition) is 1. The maximum atomic E-state index is 13.5. The van der Waals surface area contributed by atoms with Crippen molar-refractivity contribution < 1.29 is 14.5 Å². The highest BCUT2D eigenvalue weighted by Crippen LogP contribution is 2.35. The minimum absolute atomic E-state index is 0.0421. The van der Waals surface area contributed by atoms with Crippen LogP contribution in [0.5, 0.6) is 0 Å². The van der Waals surface area contributed by atoms with Crippen molar-refractivity contribution in [2.75, 3.05) is 7.11 Å². The Labute approximate surface area is 186 Å². The molecule has 0 aliphatic carbocycles. The number of nitro groups is 1. The quantitative estimate of drug-likeness (QED) is 0.254. The Bertz CT molecular complexity index is 1550. The second kappa shape index (κ2) is 7.72. The molecule has 2 aliphatic heterocycles. The van der Waals surface area contributed by atoms with Gasteiger partial charge in [-0.05, 0) is 48.0 Å². The normalized spacial score (nSPS) is 11.1. The van der Waals surface area contributed by atoms with Crippen LogP contribution >= 0.6 is 0 Å². The fourth-order valence-electron chi connectivity index (χ4n) is 3.81. The lowest BCUT2D eigenvalue weighted by Crippen LogP contribution is -2.15. The zero-order chi connectivity index (χ0) is 23.1. The van der Waals surface area contributed by atoms with E-state index in [0.29, 0.717) is 33.8 Å². The topological polar surface area (TPSA) is 120 Å². The molecule has 162 valence electrons. The predicted molar refractivity (Wildman–Crippen MR) is 122 cm³/mol. The fourth-order valence-corrected chi connectivity index (χ4v) is 3.81. The lowest BCUT2D eigenvalue weighted by Gasteiger charge is -2.10. The Balaban J connectivity index is 1.75. The number of fused-ring (bicyclic) bond motifs is 3. The molecule has 3 aromatic rings. The van der Waals surface area contributed by atoms with E-state index < -0.39 is 10.9 Å². The van der Waals surface area contributed by atoms with Crippen LogP contribution in [-0.4, -0.2) is 32.8 Å². The summed E-state index contributed by atoms with van der Waals surface area (Å²) in [6, 6.07) is 19.8. The Hall–Kier alpha value is -4.79. The van der Waals surface area contributed by atoms with Gasteiger partial charge in [0.1, 0.15) is 5.69 Å². The van der Waals surface area contributed by atoms with Gasteiger partial charge in [-0.1, -0.05) is 18.2 Å². The zero-order valence-corrected chi connectivity index (χ0v) is 17.3. The van der Waals surface area contributed by atoms with Crippen LogP contribution in [0, 0.1) is 10.1 Å². The Morgan fingerprint density at radius 3 is 2.39 bits per heavy atom. The number of nitrogens with zero attached hydrogens (tertiary/aromatic N) is 3. The van der Waals surface area contributed by atoms with Gasteiger partial charge in [0.15, 0.2) is 0 Å². The van der Waals surface area contributed by atoms with Crippen molar-refractivity contribution in [1.82, 2.24) is 14.8 Å². The highest BCUT2D eigenvalue weighted by Gasteiger charge is 2.24. The minimum atomic E-state index is -0.476. The fraction of sp³-hybridized carbons (Fsp3) is 0.0417. The van der Waals surface area contributed by atoms with E-state index >= 15 is 0 Å². The monoisotopic (exact) mass is 440 g/mol. The van der Waals surface area contributed by atoms with Crippen LogP contribution in [0.3, 0.4) is 0 Å². The van der Waals surface area contributed by atoms with Crippen molar-refractivity contribution in [3.05, 3.63) is 98.8 Å². The number of nitro benzene ring substituents is 1. The number of H-pyrrole nitrogens is 1. The minimum Gasteiger partial charge on any atom is -0.465 e. The van der Waals surface area contributed by atoms with E-state index in [4.69, 9.17) is 4.74 Å². The average Bonchev–Trinajstić information content (AvgIpc) is 3.20. The van der Waals surface area contributed by atoms with Crippen molar-refractivity contribution in [3.63, 3.8) is 0 Å². The molecule has 5 rings (SSSR count). The summed E-state index contributed by atoms with van der Waals surface area (Å²) in [5.74, 6) is -0.476. The average molecular weight is 440 g/mol. The van der Waals surface area contributed by atoms with E-state index in [0.717, 1.165) is 10.9 Å². The highest BCUT2D eigenvalue weighted by atomic mass is 16.6. The van der Waals surface area contributed by atoms with Crippen LogP contribution in [-0.2, 0) is 4.74 Å². The Morgan fingerprint density at radius 2 is 1.73 bits per heavy atom. The number of ether oxygens (including phenoxy) is 1. The van der Waals surface area contributed by atoms with E-state index in [1.54, 1.807) is 36.4 Å². The number of rotatable bonds is 4. The maximum Gasteiger partial charge on any atom is 0.337 e. The largest absolute Gasteiger partial charge is 0.465 e. The van der Waals surface area contributed by atoms with Crippen molar-refractivity contribution in [2.45, 2.75) is 0 Å². The van der Waals surface area contributed by atoms with Gasteiger partial charge in [0.2, 0.25) is 0 Å². The molecule has 2 heterocycles. The molecule has 33 heavy (non-hydrogen) atoms. The molecule has 0 fully saturated rings. The van der Waals surface area contributed by atoms with E-state index in [1.165, 1.54) is 23.9 Å². The number of para-hydroxylation sites is 1. The number of pyridine rings is 1. The van der Waals surface area contributed by atoms with Crippen molar-refractivity contribution in [2.24, 2.45) is 0 Å². The maximum absolute atomic E-state index is 13.5. The van der Waals surface area contributed by atoms with Gasteiger partial charge >= 0.3 is 5.97 Å². The number of esters is 1. The van der Waals surface area contributed by atoms with Gasteiger partial charge in [-0.15, -0.1) is 0 Å². The zero-order valence-electron chi connectivity index (χ0n) is 17.3. The van der Waals surface area contributed by atoms with Crippen LogP contribution in [0.4, 0.5) is 5.69 Å². The summed E-state index contributed by atoms with van der Waals surface area (Å²) in [5.41, 5.74) is 3.21. The van der Waals surface area contributed by atoms with Crippen LogP contribution < -0.4 is 5.56 Å². The summed E-state index contributed by atoms with van der Waals surface area (Å²) in [6.45, 7) is 0. The number of aromatic nitrogens is 3. The smallest absolute Gasteiger partial charge is 0.337 e. The molecule has 0 radical (unpaired) electrons. The van der Waals surface area contributed by atoms with E-state index in [2.05, 4.69) is 10.1 Å². The molecule has 9 heteroatoms. The molecular weight excluding hydrogens is 424 g/mol. The first-order chi connectivity index (χ1) is 16.0. The molecule has 0 amide bonds. The number of methoxy groups -OCH3 is 1. The van der Waals surface area contributed by atoms with Crippen LogP contribution in [0.2, 0.25) is 0 Å². The summed E-state index contributed by atoms with van der Waals surface area (Å²) in [7, 11) is 1.30. The van der Waals surface area contributed by atoms with Gasteiger partial charge in [-0.2, -0.15) is 9.78 Å². The highest BCUT2D eigenvalue weighted by molar-refractivity contribution is 5.99. The molecule has 9 nitrogen and oxygen atoms in total. The molecule has 0 bridgehead atoms. The van der Waals surface area contributed by atoms with Crippen LogP contribution in [0.25, 0.3) is 39.1 Å². The molecule has 1 N–H and O–H groups in total. The summed E-state index contributed by atoms with van der Waals surface area (Å²) in [4.78, 5) is 39.1. The van der Waals surface area contributed by atoms with Crippen molar-refractivity contribution >= 4 is 22.6 Å². The van der Waals surface area contributed by atoms with Gasteiger partial charge in [0.05, 0.1) is 34.5 Å². The number of non-ortho nitro benzene ring substituents is 1. The van der Waals surface area contributed by atoms with Crippen LogP contribution in [0.15, 0.2) is 77.6 Å². The van der Waals surface area contributed by atoms with Crippen molar-refractivity contribution in [3.8, 4) is 28.2 Å². The second-order valence-electron chi connectivity index (χ2n) is 7.33. The lowest BCUT2D eigenvalue weighted by molar-refractivity contribution is -0.384. The Kier molecular flexibility index (Phi) is 4.71. The summed E-state index contributed by atoms with van der Waals surface area (Å²) >= 11 is 0. The van der Waals surface area contributed by atoms with E-state index in [1.807, 2.05) is 24.3 Å². The Morgan fingerprint density at radius 1 is 1.03 bits per heavy atom. The molecule has 0 atom stereocenters. The van der Waals surface area contributed by atoms with E-state index in [-0.39, 0.29) is 11.2 Å². The first-order valence-electron chi connectivity index (χ1n) is 9.95. The van der Waals surface area contributed by atoms with E-state index in [9.17, 15) is 19.7 Å². The standard InChI is InChI=1S/C24H16N4O5/c1-33-24(30)15-8-10-16(11-9-15)27-23(29)20-21(14-6-12-17(13-7-14)28(31)32)25-19-5-3-2-4-18(19)22(20)26-27/h2-13,25H,1H3. The molecular formula is C24H16N4O5. The number of carbonyl (C=O) groups is 1. The van der Waals surface area contributed by atoms with Crippen molar-refractivity contribution in [1.29, 1.82) is 0 Å².